The molecule has 38 heavy (non-hydrogen) atoms. The van der Waals surface area contributed by atoms with Crippen molar-refractivity contribution in [1.82, 2.24) is 10.2 Å². The molecule has 2 aliphatic heterocycles. The lowest BCUT2D eigenvalue weighted by atomic mass is 9.78. The number of thioether (sulfide) groups is 1. The normalized spacial score (nSPS) is 23.8. The minimum absolute atomic E-state index is 0.0806. The lowest BCUT2D eigenvalue weighted by Crippen LogP contribution is -2.51. The van der Waals surface area contributed by atoms with E-state index in [9.17, 15) is 4.79 Å². The molecule has 1 N–H and O–H groups in total. The van der Waals surface area contributed by atoms with Crippen molar-refractivity contribution in [3.63, 3.8) is 0 Å². The van der Waals surface area contributed by atoms with Crippen LogP contribution in [0.3, 0.4) is 0 Å². The molecule has 2 fully saturated rings. The van der Waals surface area contributed by atoms with Crippen LogP contribution in [0, 0.1) is 0 Å². The zero-order valence-corrected chi connectivity index (χ0v) is 23.1. The molecule has 8 heteroatoms. The number of likely N-dealkylation sites (tertiary alicyclic amines) is 1. The molecule has 0 spiro atoms. The lowest BCUT2D eigenvalue weighted by molar-refractivity contribution is -0.134. The molecule has 1 amide bonds. The Kier molecular flexibility index (Phi) is 6.97. The van der Waals surface area contributed by atoms with Crippen molar-refractivity contribution in [2.24, 2.45) is 0 Å². The predicted molar refractivity (Wildman–Crippen MR) is 152 cm³/mol. The molecule has 3 atom stereocenters. The quantitative estimate of drug-likeness (QED) is 0.366. The van der Waals surface area contributed by atoms with Gasteiger partial charge in [0.05, 0.1) is 10.8 Å². The zero-order valence-electron chi connectivity index (χ0n) is 20.8. The van der Waals surface area contributed by atoms with Crippen LogP contribution < -0.4 is 10.1 Å². The van der Waals surface area contributed by atoms with E-state index in [-0.39, 0.29) is 22.7 Å². The van der Waals surface area contributed by atoms with E-state index >= 15 is 0 Å². The van der Waals surface area contributed by atoms with Gasteiger partial charge in [0.1, 0.15) is 25.0 Å². The van der Waals surface area contributed by atoms with Gasteiger partial charge in [0.15, 0.2) is 5.88 Å². The first-order valence-corrected chi connectivity index (χ1v) is 14.3. The summed E-state index contributed by atoms with van der Waals surface area (Å²) in [4.78, 5) is 16.8. The van der Waals surface area contributed by atoms with Gasteiger partial charge in [-0.1, -0.05) is 53.5 Å². The third-order valence-electron chi connectivity index (χ3n) is 7.69. The first-order valence-electron chi connectivity index (χ1n) is 12.8. The number of hydrogen-bond donors (Lipinski definition) is 1. The maximum Gasteiger partial charge on any atom is 0.249 e. The van der Waals surface area contributed by atoms with E-state index < -0.39 is 0 Å². The second-order valence-corrected chi connectivity index (χ2v) is 12.1. The van der Waals surface area contributed by atoms with Crippen LogP contribution in [0.4, 0.5) is 0 Å². The summed E-state index contributed by atoms with van der Waals surface area (Å²) < 4.78 is 11.4. The average Bonchev–Trinajstić information content (AvgIpc) is 3.52. The molecule has 3 aromatic carbocycles. The second kappa shape index (κ2) is 10.4. The molecular weight excluding hydrogens is 539 g/mol. The smallest absolute Gasteiger partial charge is 0.249 e. The fourth-order valence-electron chi connectivity index (χ4n) is 5.89. The summed E-state index contributed by atoms with van der Waals surface area (Å²) in [7, 11) is 0. The average molecular weight is 568 g/mol. The highest BCUT2D eigenvalue weighted by molar-refractivity contribution is 8.00. The van der Waals surface area contributed by atoms with Crippen molar-refractivity contribution in [3.05, 3.63) is 106 Å². The number of nitrogens with one attached hydrogen (secondary N) is 1. The fourth-order valence-corrected chi connectivity index (χ4v) is 8.00. The number of fused-ring (bicyclic) bond motifs is 3. The molecule has 0 bridgehead atoms. The van der Waals surface area contributed by atoms with E-state index in [1.807, 2.05) is 42.1 Å². The summed E-state index contributed by atoms with van der Waals surface area (Å²) in [6.07, 6.45) is 2.62. The Morgan fingerprint density at radius 2 is 1.92 bits per heavy atom. The molecule has 196 valence electrons. The Balaban J connectivity index is 1.31. The molecule has 2 saturated heterocycles. The van der Waals surface area contributed by atoms with Gasteiger partial charge in [-0.05, 0) is 73.4 Å². The van der Waals surface area contributed by atoms with E-state index in [0.29, 0.717) is 35.7 Å². The van der Waals surface area contributed by atoms with Gasteiger partial charge in [0, 0.05) is 27.0 Å². The van der Waals surface area contributed by atoms with Crippen LogP contribution in [0.25, 0.3) is 0 Å². The van der Waals surface area contributed by atoms with Gasteiger partial charge in [0.25, 0.3) is 0 Å². The SMILES string of the molecule is C=C1NC(C(=O)N2CCC3(Sc4ccccc4)c4ccc(OCc5c(Cl)cccc5Cl)cc4CCC23)CO1. The van der Waals surface area contributed by atoms with E-state index in [1.165, 1.54) is 16.0 Å². The molecule has 1 aliphatic carbocycles. The Bertz CT molecular complexity index is 1360. The number of ether oxygens (including phenoxy) is 2. The number of carbonyl (C=O) groups is 1. The summed E-state index contributed by atoms with van der Waals surface area (Å²) in [5, 5.41) is 4.29. The molecule has 0 saturated carbocycles. The van der Waals surface area contributed by atoms with Crippen LogP contribution in [0.5, 0.6) is 5.75 Å². The van der Waals surface area contributed by atoms with Gasteiger partial charge in [-0.25, -0.2) is 0 Å². The summed E-state index contributed by atoms with van der Waals surface area (Å²) in [6.45, 7) is 5.14. The van der Waals surface area contributed by atoms with Crippen LogP contribution in [0.1, 0.15) is 29.5 Å². The van der Waals surface area contributed by atoms with Crippen molar-refractivity contribution < 1.29 is 14.3 Å². The molecule has 6 rings (SSSR count). The van der Waals surface area contributed by atoms with Crippen LogP contribution in [0.2, 0.25) is 10.0 Å². The topological polar surface area (TPSA) is 50.8 Å². The highest BCUT2D eigenvalue weighted by atomic mass is 35.5. The number of hydrogen-bond acceptors (Lipinski definition) is 5. The largest absolute Gasteiger partial charge is 0.489 e. The van der Waals surface area contributed by atoms with Crippen molar-refractivity contribution >= 4 is 40.9 Å². The molecule has 3 unspecified atom stereocenters. The summed E-state index contributed by atoms with van der Waals surface area (Å²) in [5.74, 6) is 1.34. The Morgan fingerprint density at radius 1 is 1.13 bits per heavy atom. The van der Waals surface area contributed by atoms with Crippen LogP contribution in [-0.4, -0.2) is 36.0 Å². The maximum atomic E-state index is 13.6. The number of halogens is 2. The van der Waals surface area contributed by atoms with Crippen LogP contribution >= 0.6 is 35.0 Å². The summed E-state index contributed by atoms with van der Waals surface area (Å²) in [6, 6.07) is 22.0. The maximum absolute atomic E-state index is 13.6. The lowest BCUT2D eigenvalue weighted by Gasteiger charge is -2.43. The van der Waals surface area contributed by atoms with Gasteiger partial charge >= 0.3 is 0 Å². The zero-order chi connectivity index (χ0) is 26.3. The predicted octanol–water partition coefficient (Wildman–Crippen LogP) is 6.57. The fraction of sp³-hybridized carbons (Fsp3) is 0.300. The molecule has 3 aliphatic rings. The van der Waals surface area contributed by atoms with E-state index in [0.717, 1.165) is 30.6 Å². The van der Waals surface area contributed by atoms with Crippen molar-refractivity contribution in [2.45, 2.75) is 47.6 Å². The number of rotatable bonds is 6. The van der Waals surface area contributed by atoms with E-state index in [2.05, 4.69) is 53.2 Å². The molecule has 5 nitrogen and oxygen atoms in total. The van der Waals surface area contributed by atoms with Gasteiger partial charge in [-0.2, -0.15) is 0 Å². The highest BCUT2D eigenvalue weighted by Gasteiger charge is 2.54. The first kappa shape index (κ1) is 25.5. The highest BCUT2D eigenvalue weighted by Crippen LogP contribution is 2.56. The minimum atomic E-state index is -0.381. The Morgan fingerprint density at radius 3 is 2.66 bits per heavy atom. The molecule has 0 radical (unpaired) electrons. The molecule has 0 aromatic heterocycles. The Labute approximate surface area is 237 Å². The summed E-state index contributed by atoms with van der Waals surface area (Å²) in [5.41, 5.74) is 3.32. The van der Waals surface area contributed by atoms with E-state index in [1.54, 1.807) is 0 Å². The molecular formula is C30H28Cl2N2O3S. The second-order valence-electron chi connectivity index (χ2n) is 9.88. The third kappa shape index (κ3) is 4.63. The monoisotopic (exact) mass is 566 g/mol. The van der Waals surface area contributed by atoms with Crippen molar-refractivity contribution in [1.29, 1.82) is 0 Å². The van der Waals surface area contributed by atoms with Gasteiger partial charge in [-0.15, -0.1) is 11.8 Å². The number of benzene rings is 3. The third-order valence-corrected chi connectivity index (χ3v) is 9.96. The first-order chi connectivity index (χ1) is 18.4. The number of aryl methyl sites for hydroxylation is 1. The van der Waals surface area contributed by atoms with Crippen LogP contribution in [0.15, 0.2) is 84.1 Å². The van der Waals surface area contributed by atoms with E-state index in [4.69, 9.17) is 32.7 Å². The summed E-state index contributed by atoms with van der Waals surface area (Å²) >= 11 is 14.6. The van der Waals surface area contributed by atoms with Crippen molar-refractivity contribution in [3.8, 4) is 5.75 Å². The number of nitrogens with zero attached hydrogens (tertiary/aromatic N) is 1. The van der Waals surface area contributed by atoms with Gasteiger partial charge in [-0.3, -0.25) is 4.79 Å². The Hall–Kier alpha value is -2.80. The van der Waals surface area contributed by atoms with Gasteiger partial charge in [0.2, 0.25) is 5.91 Å². The van der Waals surface area contributed by atoms with Crippen LogP contribution in [-0.2, 0) is 27.3 Å². The van der Waals surface area contributed by atoms with Gasteiger partial charge < -0.3 is 19.7 Å². The minimum Gasteiger partial charge on any atom is -0.489 e. The number of amides is 1. The molecule has 3 aromatic rings. The number of carbonyl (C=O) groups excluding carboxylic acids is 1. The molecule has 2 heterocycles. The van der Waals surface area contributed by atoms with Crippen molar-refractivity contribution in [2.75, 3.05) is 13.2 Å². The standard InChI is InChI=1S/C30H28Cl2N2O3S/c1-19-33-27(18-36-19)29(35)34-15-14-30(38-22-6-3-2-4-7-22)24-12-11-21(16-20(24)10-13-28(30)34)37-17-23-25(31)8-5-9-26(23)32/h2-9,11-12,16,27-28,33H,1,10,13-15,17-18H2.